The number of carbonyl (C=O) groups excluding carboxylic acids is 1. The van der Waals surface area contributed by atoms with Gasteiger partial charge >= 0.3 is 0 Å². The van der Waals surface area contributed by atoms with Gasteiger partial charge in [0.15, 0.2) is 0 Å². The van der Waals surface area contributed by atoms with Crippen LogP contribution in [0.25, 0.3) is 0 Å². The molecule has 0 aromatic carbocycles. The molecule has 1 aromatic heterocycles. The van der Waals surface area contributed by atoms with Gasteiger partial charge in [-0.3, -0.25) is 9.69 Å². The van der Waals surface area contributed by atoms with Crippen molar-refractivity contribution in [3.8, 4) is 0 Å². The number of likely N-dealkylation sites (tertiary alicyclic amines) is 1. The fraction of sp³-hybridized carbons (Fsp3) is 0.810. The Morgan fingerprint density at radius 2 is 2.19 bits per heavy atom. The molecule has 2 N–H and O–H groups in total. The van der Waals surface area contributed by atoms with Crippen molar-refractivity contribution in [1.29, 1.82) is 0 Å². The van der Waals surface area contributed by atoms with Crippen LogP contribution < -0.4 is 5.32 Å². The second kappa shape index (κ2) is 9.20. The Kier molecular flexibility index (Phi) is 6.93. The number of unbranched alkanes of at least 4 members (excludes halogenated alkanes) is 1. The van der Waals surface area contributed by atoms with Crippen LogP contribution in [-0.2, 0) is 22.5 Å². The normalized spacial score (nSPS) is 22.6. The number of aromatic nitrogens is 2. The maximum absolute atomic E-state index is 11.8. The van der Waals surface area contributed by atoms with E-state index in [1.807, 2.05) is 20.0 Å². The summed E-state index contributed by atoms with van der Waals surface area (Å²) in [6, 6.07) is 0. The van der Waals surface area contributed by atoms with E-state index in [2.05, 4.69) is 27.1 Å². The van der Waals surface area contributed by atoms with E-state index in [0.717, 1.165) is 57.6 Å². The van der Waals surface area contributed by atoms with Crippen LogP contribution >= 0.6 is 0 Å². The van der Waals surface area contributed by atoms with E-state index in [9.17, 15) is 4.79 Å². The van der Waals surface area contributed by atoms with Gasteiger partial charge in [-0.25, -0.2) is 4.98 Å². The number of ether oxygens (including phenoxy) is 1. The van der Waals surface area contributed by atoms with Crippen molar-refractivity contribution in [3.05, 3.63) is 17.7 Å². The van der Waals surface area contributed by atoms with Gasteiger partial charge in [0, 0.05) is 50.4 Å². The van der Waals surface area contributed by atoms with Crippen molar-refractivity contribution >= 4 is 5.91 Å². The van der Waals surface area contributed by atoms with Gasteiger partial charge in [-0.1, -0.05) is 27.2 Å². The van der Waals surface area contributed by atoms with E-state index < -0.39 is 0 Å². The molecule has 1 atom stereocenters. The molecule has 27 heavy (non-hydrogen) atoms. The van der Waals surface area contributed by atoms with E-state index >= 15 is 0 Å². The highest BCUT2D eigenvalue weighted by Crippen LogP contribution is 2.38. The minimum absolute atomic E-state index is 0.0317. The molecule has 3 heterocycles. The predicted molar refractivity (Wildman–Crippen MR) is 106 cm³/mol. The molecular formula is C21H36N4O2. The van der Waals surface area contributed by atoms with E-state index in [1.54, 1.807) is 0 Å². The minimum atomic E-state index is 0.0317. The summed E-state index contributed by atoms with van der Waals surface area (Å²) in [5.41, 5.74) is 1.25. The van der Waals surface area contributed by atoms with Gasteiger partial charge in [-0.15, -0.1) is 0 Å². The van der Waals surface area contributed by atoms with Crippen LogP contribution in [-0.4, -0.2) is 52.1 Å². The molecule has 152 valence electrons. The predicted octanol–water partition coefficient (Wildman–Crippen LogP) is 3.04. The van der Waals surface area contributed by atoms with Gasteiger partial charge in [0.2, 0.25) is 5.91 Å². The molecule has 1 amide bonds. The molecule has 2 aliphatic rings. The SMILES string of the molecule is CCCCc1ncc(CN2CCC3(CC[C@@H](CNC(=O)C(C)C)O3)CC2)[nH]1. The molecule has 6 heteroatoms. The Labute approximate surface area is 163 Å². The molecule has 0 bridgehead atoms. The Morgan fingerprint density at radius 1 is 1.41 bits per heavy atom. The molecule has 2 aliphatic heterocycles. The monoisotopic (exact) mass is 376 g/mol. The van der Waals surface area contributed by atoms with Crippen molar-refractivity contribution in [2.24, 2.45) is 5.92 Å². The quantitative estimate of drug-likeness (QED) is 0.732. The van der Waals surface area contributed by atoms with Gasteiger partial charge in [-0.2, -0.15) is 0 Å². The number of amides is 1. The maximum atomic E-state index is 11.8. The lowest BCUT2D eigenvalue weighted by atomic mass is 9.88. The largest absolute Gasteiger partial charge is 0.370 e. The number of H-pyrrole nitrogens is 1. The highest BCUT2D eigenvalue weighted by atomic mass is 16.5. The lowest BCUT2D eigenvalue weighted by Crippen LogP contribution is -2.45. The molecule has 1 spiro atoms. The van der Waals surface area contributed by atoms with Gasteiger partial charge < -0.3 is 15.0 Å². The summed E-state index contributed by atoms with van der Waals surface area (Å²) >= 11 is 0. The van der Waals surface area contributed by atoms with Crippen LogP contribution in [0.2, 0.25) is 0 Å². The van der Waals surface area contributed by atoms with E-state index in [0.29, 0.717) is 6.54 Å². The molecule has 0 radical (unpaired) electrons. The van der Waals surface area contributed by atoms with Crippen molar-refractivity contribution in [2.45, 2.75) is 84.0 Å². The van der Waals surface area contributed by atoms with Gasteiger partial charge in [0.05, 0.1) is 11.7 Å². The van der Waals surface area contributed by atoms with Crippen molar-refractivity contribution in [2.75, 3.05) is 19.6 Å². The van der Waals surface area contributed by atoms with Crippen LogP contribution in [0.1, 0.15) is 70.8 Å². The topological polar surface area (TPSA) is 70.2 Å². The number of hydrogen-bond donors (Lipinski definition) is 2. The van der Waals surface area contributed by atoms with E-state index in [-0.39, 0.29) is 23.5 Å². The summed E-state index contributed by atoms with van der Waals surface area (Å²) < 4.78 is 6.41. The minimum Gasteiger partial charge on any atom is -0.370 e. The fourth-order valence-corrected chi connectivity index (χ4v) is 4.14. The zero-order valence-corrected chi connectivity index (χ0v) is 17.2. The van der Waals surface area contributed by atoms with Crippen LogP contribution in [0, 0.1) is 5.92 Å². The number of rotatable bonds is 8. The third kappa shape index (κ3) is 5.55. The Bertz CT molecular complexity index is 605. The first-order chi connectivity index (χ1) is 13.0. The molecule has 0 unspecified atom stereocenters. The first-order valence-electron chi connectivity index (χ1n) is 10.7. The summed E-state index contributed by atoms with van der Waals surface area (Å²) in [5, 5.41) is 3.02. The highest BCUT2D eigenvalue weighted by Gasteiger charge is 2.42. The number of nitrogens with one attached hydrogen (secondary N) is 2. The molecular weight excluding hydrogens is 340 g/mol. The third-order valence-corrected chi connectivity index (χ3v) is 5.98. The van der Waals surface area contributed by atoms with Crippen LogP contribution in [0.5, 0.6) is 0 Å². The van der Waals surface area contributed by atoms with Crippen LogP contribution in [0.15, 0.2) is 6.20 Å². The van der Waals surface area contributed by atoms with Gasteiger partial charge in [0.25, 0.3) is 0 Å². The van der Waals surface area contributed by atoms with E-state index in [4.69, 9.17) is 4.74 Å². The number of aryl methyl sites for hydroxylation is 1. The molecule has 2 saturated heterocycles. The van der Waals surface area contributed by atoms with E-state index in [1.165, 1.54) is 18.5 Å². The standard InChI is InChI=1S/C21H36N4O2/c1-4-5-6-19-22-13-17(24-19)15-25-11-9-21(10-12-25)8-7-18(27-21)14-23-20(26)16(2)3/h13,16,18H,4-12,14-15H2,1-3H3,(H,22,24)(H,23,26)/t18-/m0/s1. The Balaban J connectivity index is 1.41. The second-order valence-electron chi connectivity index (χ2n) is 8.60. The number of hydrogen-bond acceptors (Lipinski definition) is 4. The van der Waals surface area contributed by atoms with Crippen molar-refractivity contribution in [3.63, 3.8) is 0 Å². The zero-order valence-electron chi connectivity index (χ0n) is 17.2. The van der Waals surface area contributed by atoms with Crippen LogP contribution in [0.3, 0.4) is 0 Å². The molecule has 3 rings (SSSR count). The molecule has 1 aromatic rings. The molecule has 2 fully saturated rings. The van der Waals surface area contributed by atoms with Crippen molar-refractivity contribution in [1.82, 2.24) is 20.2 Å². The summed E-state index contributed by atoms with van der Waals surface area (Å²) in [7, 11) is 0. The summed E-state index contributed by atoms with van der Waals surface area (Å²) in [4.78, 5) is 22.2. The van der Waals surface area contributed by atoms with Gasteiger partial charge in [-0.05, 0) is 32.1 Å². The average Bonchev–Trinajstić information content (AvgIpc) is 3.27. The highest BCUT2D eigenvalue weighted by molar-refractivity contribution is 5.77. The summed E-state index contributed by atoms with van der Waals surface area (Å²) in [6.07, 6.45) is 9.94. The Morgan fingerprint density at radius 3 is 2.89 bits per heavy atom. The maximum Gasteiger partial charge on any atom is 0.222 e. The summed E-state index contributed by atoms with van der Waals surface area (Å²) in [6.45, 7) is 9.79. The zero-order chi connectivity index (χ0) is 19.3. The summed E-state index contributed by atoms with van der Waals surface area (Å²) in [5.74, 6) is 1.27. The first-order valence-corrected chi connectivity index (χ1v) is 10.7. The molecule has 0 saturated carbocycles. The lowest BCUT2D eigenvalue weighted by molar-refractivity contribution is -0.125. The number of piperidine rings is 1. The Hall–Kier alpha value is -1.40. The molecule has 6 nitrogen and oxygen atoms in total. The van der Waals surface area contributed by atoms with Gasteiger partial charge in [0.1, 0.15) is 5.82 Å². The first kappa shape index (κ1) is 20.3. The second-order valence-corrected chi connectivity index (χ2v) is 8.60. The number of nitrogens with zero attached hydrogens (tertiary/aromatic N) is 2. The number of carbonyl (C=O) groups is 1. The average molecular weight is 377 g/mol. The molecule has 0 aliphatic carbocycles. The number of imidazole rings is 1. The lowest BCUT2D eigenvalue weighted by Gasteiger charge is -2.39. The van der Waals surface area contributed by atoms with Crippen LogP contribution in [0.4, 0.5) is 0 Å². The smallest absolute Gasteiger partial charge is 0.222 e. The van der Waals surface area contributed by atoms with Crippen molar-refractivity contribution < 1.29 is 9.53 Å². The fourth-order valence-electron chi connectivity index (χ4n) is 4.14. The number of aromatic amines is 1. The third-order valence-electron chi connectivity index (χ3n) is 5.98.